The summed E-state index contributed by atoms with van der Waals surface area (Å²) in [5.41, 5.74) is 1.71. The van der Waals surface area contributed by atoms with Gasteiger partial charge in [-0.25, -0.2) is 14.2 Å². The van der Waals surface area contributed by atoms with Crippen molar-refractivity contribution in [1.82, 2.24) is 10.3 Å². The zero-order chi connectivity index (χ0) is 20.6. The predicted octanol–water partition coefficient (Wildman–Crippen LogP) is 3.91. The second kappa shape index (κ2) is 9.65. The van der Waals surface area contributed by atoms with Crippen LogP contribution in [0.3, 0.4) is 0 Å². The molecule has 3 rings (SSSR count). The van der Waals surface area contributed by atoms with E-state index in [9.17, 15) is 14.0 Å². The zero-order valence-electron chi connectivity index (χ0n) is 15.6. The summed E-state index contributed by atoms with van der Waals surface area (Å²) >= 11 is 1.13. The molecule has 0 aliphatic carbocycles. The molecular weight excluding hydrogens is 395 g/mol. The van der Waals surface area contributed by atoms with Gasteiger partial charge in [0.15, 0.2) is 5.13 Å². The molecule has 3 N–H and O–H groups in total. The van der Waals surface area contributed by atoms with Gasteiger partial charge in [0.25, 0.3) is 5.91 Å². The third-order valence-corrected chi connectivity index (χ3v) is 4.65. The Balaban J connectivity index is 1.47. The number of carbonyl (C=O) groups excluding carboxylic acids is 2. The first-order valence-corrected chi connectivity index (χ1v) is 9.61. The van der Waals surface area contributed by atoms with Gasteiger partial charge in [-0.1, -0.05) is 12.1 Å². The molecule has 3 aromatic rings. The molecule has 7 nitrogen and oxygen atoms in total. The highest BCUT2D eigenvalue weighted by Gasteiger charge is 2.12. The molecule has 9 heteroatoms. The monoisotopic (exact) mass is 414 g/mol. The number of rotatable bonds is 7. The molecule has 29 heavy (non-hydrogen) atoms. The summed E-state index contributed by atoms with van der Waals surface area (Å²) in [6.07, 6.45) is 0.651. The summed E-state index contributed by atoms with van der Waals surface area (Å²) in [6.45, 7) is 0.442. The van der Waals surface area contributed by atoms with Gasteiger partial charge in [0.05, 0.1) is 7.11 Å². The molecule has 0 saturated heterocycles. The fourth-order valence-corrected chi connectivity index (χ4v) is 3.15. The number of amides is 3. The van der Waals surface area contributed by atoms with Crippen molar-refractivity contribution in [2.45, 2.75) is 6.42 Å². The molecule has 0 bridgehead atoms. The average molecular weight is 414 g/mol. The van der Waals surface area contributed by atoms with Crippen LogP contribution in [0.4, 0.5) is 20.0 Å². The van der Waals surface area contributed by atoms with E-state index in [1.807, 2.05) is 24.3 Å². The number of halogens is 1. The molecule has 2 aromatic carbocycles. The van der Waals surface area contributed by atoms with Crippen LogP contribution < -0.4 is 20.7 Å². The molecule has 0 atom stereocenters. The molecule has 1 aromatic heterocycles. The Bertz CT molecular complexity index is 991. The molecule has 0 aliphatic heterocycles. The zero-order valence-corrected chi connectivity index (χ0v) is 16.4. The first-order valence-electron chi connectivity index (χ1n) is 8.74. The van der Waals surface area contributed by atoms with Crippen LogP contribution in [0.1, 0.15) is 16.1 Å². The van der Waals surface area contributed by atoms with Gasteiger partial charge in [0.2, 0.25) is 0 Å². The molecule has 0 fully saturated rings. The van der Waals surface area contributed by atoms with Gasteiger partial charge in [0, 0.05) is 17.6 Å². The van der Waals surface area contributed by atoms with Gasteiger partial charge in [-0.05, 0) is 48.4 Å². The largest absolute Gasteiger partial charge is 0.497 e. The first-order chi connectivity index (χ1) is 14.0. The Labute approximate surface area is 170 Å². The van der Waals surface area contributed by atoms with E-state index in [2.05, 4.69) is 20.9 Å². The Hall–Kier alpha value is -3.46. The second-order valence-corrected chi connectivity index (χ2v) is 6.84. The van der Waals surface area contributed by atoms with E-state index in [0.29, 0.717) is 18.7 Å². The molecule has 3 amide bonds. The van der Waals surface area contributed by atoms with Gasteiger partial charge in [0.1, 0.15) is 17.3 Å². The lowest BCUT2D eigenvalue weighted by Crippen LogP contribution is -2.26. The number of hydrogen-bond donors (Lipinski definition) is 3. The van der Waals surface area contributed by atoms with Crippen molar-refractivity contribution in [2.24, 2.45) is 0 Å². The molecule has 0 radical (unpaired) electrons. The summed E-state index contributed by atoms with van der Waals surface area (Å²) in [6, 6.07) is 12.5. The summed E-state index contributed by atoms with van der Waals surface area (Å²) in [7, 11) is 1.61. The number of carbonyl (C=O) groups is 2. The van der Waals surface area contributed by atoms with Crippen LogP contribution in [-0.4, -0.2) is 30.6 Å². The van der Waals surface area contributed by atoms with Crippen LogP contribution in [0.2, 0.25) is 0 Å². The SMILES string of the molecule is COc1cccc(CCNC(=O)c2csc(NC(=O)Nc3ccc(F)cc3)n2)c1. The minimum absolute atomic E-state index is 0.220. The number of ether oxygens (including phenoxy) is 1. The van der Waals surface area contributed by atoms with Gasteiger partial charge >= 0.3 is 6.03 Å². The Morgan fingerprint density at radius 1 is 1.14 bits per heavy atom. The molecule has 1 heterocycles. The number of aromatic nitrogens is 1. The maximum atomic E-state index is 12.9. The van der Waals surface area contributed by atoms with E-state index in [1.54, 1.807) is 12.5 Å². The van der Waals surface area contributed by atoms with Crippen molar-refractivity contribution in [3.05, 3.63) is 71.0 Å². The van der Waals surface area contributed by atoms with Crippen LogP contribution in [0, 0.1) is 5.82 Å². The quantitative estimate of drug-likeness (QED) is 0.547. The van der Waals surface area contributed by atoms with Crippen LogP contribution >= 0.6 is 11.3 Å². The van der Waals surface area contributed by atoms with Crippen molar-refractivity contribution in [2.75, 3.05) is 24.3 Å². The first kappa shape index (κ1) is 20.3. The number of thiazole rings is 1. The number of nitrogens with zero attached hydrogens (tertiary/aromatic N) is 1. The number of anilines is 2. The van der Waals surface area contributed by atoms with Crippen LogP contribution in [-0.2, 0) is 6.42 Å². The number of nitrogens with one attached hydrogen (secondary N) is 3. The molecular formula is C20H19FN4O3S. The van der Waals surface area contributed by atoms with Crippen LogP contribution in [0.25, 0.3) is 0 Å². The van der Waals surface area contributed by atoms with E-state index in [4.69, 9.17) is 4.74 Å². The van der Waals surface area contributed by atoms with Crippen LogP contribution in [0.15, 0.2) is 53.9 Å². The summed E-state index contributed by atoms with van der Waals surface area (Å²) in [5.74, 6) is 0.0528. The smallest absolute Gasteiger partial charge is 0.325 e. The van der Waals surface area contributed by atoms with Crippen molar-refractivity contribution in [3.63, 3.8) is 0 Å². The Kier molecular flexibility index (Phi) is 6.75. The Morgan fingerprint density at radius 2 is 1.93 bits per heavy atom. The highest BCUT2D eigenvalue weighted by atomic mass is 32.1. The maximum absolute atomic E-state index is 12.9. The van der Waals surface area contributed by atoms with Gasteiger partial charge in [-0.2, -0.15) is 0 Å². The lowest BCUT2D eigenvalue weighted by molar-refractivity contribution is 0.0950. The van der Waals surface area contributed by atoms with E-state index < -0.39 is 11.8 Å². The van der Waals surface area contributed by atoms with Crippen molar-refractivity contribution < 1.29 is 18.7 Å². The minimum atomic E-state index is -0.532. The third-order valence-electron chi connectivity index (χ3n) is 3.89. The normalized spacial score (nSPS) is 10.3. The fourth-order valence-electron chi connectivity index (χ4n) is 2.47. The topological polar surface area (TPSA) is 92.4 Å². The standard InChI is InChI=1S/C20H19FN4O3S/c1-28-16-4-2-3-13(11-16)9-10-22-18(26)17-12-29-20(24-17)25-19(27)23-15-7-5-14(21)6-8-15/h2-8,11-12H,9-10H2,1H3,(H,22,26)(H2,23,24,25,27). The molecule has 150 valence electrons. The van der Waals surface area contributed by atoms with Crippen molar-refractivity contribution in [1.29, 1.82) is 0 Å². The maximum Gasteiger partial charge on any atom is 0.325 e. The molecule has 0 aliphatic rings. The predicted molar refractivity (Wildman–Crippen MR) is 110 cm³/mol. The lowest BCUT2D eigenvalue weighted by Gasteiger charge is -2.06. The van der Waals surface area contributed by atoms with E-state index >= 15 is 0 Å². The third kappa shape index (κ3) is 6.01. The number of methoxy groups -OCH3 is 1. The lowest BCUT2D eigenvalue weighted by atomic mass is 10.1. The number of benzene rings is 2. The van der Waals surface area contributed by atoms with Crippen molar-refractivity contribution in [3.8, 4) is 5.75 Å². The molecule has 0 unspecified atom stereocenters. The van der Waals surface area contributed by atoms with E-state index in [1.165, 1.54) is 24.3 Å². The molecule has 0 spiro atoms. The second-order valence-electron chi connectivity index (χ2n) is 5.98. The summed E-state index contributed by atoms with van der Waals surface area (Å²) < 4.78 is 18.1. The summed E-state index contributed by atoms with van der Waals surface area (Å²) in [5, 5.41) is 9.74. The minimum Gasteiger partial charge on any atom is -0.497 e. The van der Waals surface area contributed by atoms with Crippen LogP contribution in [0.5, 0.6) is 5.75 Å². The average Bonchev–Trinajstić information content (AvgIpc) is 3.18. The highest BCUT2D eigenvalue weighted by molar-refractivity contribution is 7.14. The van der Waals surface area contributed by atoms with Crippen molar-refractivity contribution >= 4 is 34.1 Å². The number of hydrogen-bond acceptors (Lipinski definition) is 5. The highest BCUT2D eigenvalue weighted by Crippen LogP contribution is 2.17. The molecule has 0 saturated carbocycles. The summed E-state index contributed by atoms with van der Waals surface area (Å²) in [4.78, 5) is 28.3. The number of urea groups is 1. The van der Waals surface area contributed by atoms with Gasteiger partial charge < -0.3 is 15.4 Å². The van der Waals surface area contributed by atoms with Gasteiger partial charge in [-0.15, -0.1) is 11.3 Å². The van der Waals surface area contributed by atoms with Gasteiger partial charge in [-0.3, -0.25) is 10.1 Å². The Morgan fingerprint density at radius 3 is 2.69 bits per heavy atom. The fraction of sp³-hybridized carbons (Fsp3) is 0.150. The van der Waals surface area contributed by atoms with E-state index in [-0.39, 0.29) is 16.7 Å². The van der Waals surface area contributed by atoms with E-state index in [0.717, 1.165) is 22.6 Å².